The fraction of sp³-hybridized carbons (Fsp3) is 0.414. The summed E-state index contributed by atoms with van der Waals surface area (Å²) in [5, 5.41) is 12.7. The number of hydrogen-bond donors (Lipinski definition) is 2. The van der Waals surface area contributed by atoms with Crippen LogP contribution in [0.3, 0.4) is 0 Å². The summed E-state index contributed by atoms with van der Waals surface area (Å²) in [7, 11) is 0. The number of unbranched alkanes of at least 4 members (excludes halogenated alkanes) is 1. The van der Waals surface area contributed by atoms with Gasteiger partial charge in [-0.25, -0.2) is 14.6 Å². The molecular weight excluding hydrogens is 580 g/mol. The third kappa shape index (κ3) is 8.65. The topological polar surface area (TPSA) is 202 Å². The highest BCUT2D eigenvalue weighted by Crippen LogP contribution is 2.33. The zero-order valence-electron chi connectivity index (χ0n) is 24.2. The molecule has 44 heavy (non-hydrogen) atoms. The number of carbonyl (C=O) groups is 4. The third-order valence-electron chi connectivity index (χ3n) is 6.81. The molecule has 0 saturated heterocycles. The fourth-order valence-corrected chi connectivity index (χ4v) is 4.58. The van der Waals surface area contributed by atoms with Gasteiger partial charge in [0, 0.05) is 41.6 Å². The Labute approximate surface area is 251 Å². The zero-order chi connectivity index (χ0) is 31.6. The van der Waals surface area contributed by atoms with Gasteiger partial charge in [-0.3, -0.25) is 9.59 Å². The van der Waals surface area contributed by atoms with Gasteiger partial charge in [-0.05, 0) is 44.4 Å². The van der Waals surface area contributed by atoms with Crippen molar-refractivity contribution < 1.29 is 47.7 Å². The number of aryl methyl sites for hydroxylation is 1. The number of benzene rings is 1. The minimum atomic E-state index is -1.07. The van der Waals surface area contributed by atoms with Crippen LogP contribution >= 0.6 is 0 Å². The van der Waals surface area contributed by atoms with Gasteiger partial charge in [0.2, 0.25) is 5.91 Å². The number of fused-ring (bicyclic) bond motifs is 1. The van der Waals surface area contributed by atoms with E-state index in [-0.39, 0.29) is 45.1 Å². The van der Waals surface area contributed by atoms with Gasteiger partial charge in [0.15, 0.2) is 6.10 Å². The number of hydrogen-bond acceptors (Lipinski definition) is 12. The lowest BCUT2D eigenvalue weighted by Crippen LogP contribution is -2.43. The highest BCUT2D eigenvalue weighted by Gasteiger charge is 2.25. The Kier molecular flexibility index (Phi) is 10.7. The van der Waals surface area contributed by atoms with Crippen LogP contribution < -0.4 is 5.32 Å². The van der Waals surface area contributed by atoms with Gasteiger partial charge in [0.1, 0.15) is 24.0 Å². The van der Waals surface area contributed by atoms with Crippen molar-refractivity contribution in [2.75, 3.05) is 19.8 Å². The van der Waals surface area contributed by atoms with Gasteiger partial charge in [-0.15, -0.1) is 10.1 Å². The molecule has 1 aromatic carbocycles. The van der Waals surface area contributed by atoms with Crippen molar-refractivity contribution in [1.82, 2.24) is 15.3 Å². The molecule has 1 aliphatic rings. The van der Waals surface area contributed by atoms with Crippen molar-refractivity contribution in [2.24, 2.45) is 0 Å². The third-order valence-corrected chi connectivity index (χ3v) is 6.81. The van der Waals surface area contributed by atoms with E-state index in [1.54, 1.807) is 19.2 Å². The van der Waals surface area contributed by atoms with Crippen molar-refractivity contribution in [3.05, 3.63) is 69.5 Å². The second kappa shape index (κ2) is 14.8. The molecule has 0 saturated carbocycles. The van der Waals surface area contributed by atoms with Crippen LogP contribution in [0.4, 0.5) is 0 Å². The van der Waals surface area contributed by atoms with Crippen molar-refractivity contribution >= 4 is 40.4 Å². The standard InChI is InChI=1S/C29H32N4O11/c1-17-22-11-19(20-12-27(36)41-15-20)5-6-24(22)44-28(17)18(2)43-26(35)8-7-25(34)32-23(13-21-14-30-16-31-21)29(37)40-9-3-4-10-42-33(38)39/h5-6,11-12,14,16,18,23H,3-4,7-10,13,15H2,1-2H3,(H,30,31)(H,32,34). The van der Waals surface area contributed by atoms with E-state index in [1.807, 2.05) is 19.1 Å². The van der Waals surface area contributed by atoms with Crippen LogP contribution in [0.15, 0.2) is 41.2 Å². The first-order valence-electron chi connectivity index (χ1n) is 13.9. The predicted octanol–water partition coefficient (Wildman–Crippen LogP) is 3.05. The summed E-state index contributed by atoms with van der Waals surface area (Å²) < 4.78 is 21.7. The van der Waals surface area contributed by atoms with Gasteiger partial charge in [-0.2, -0.15) is 0 Å². The fourth-order valence-electron chi connectivity index (χ4n) is 4.58. The van der Waals surface area contributed by atoms with Crippen molar-refractivity contribution in [3.8, 4) is 0 Å². The summed E-state index contributed by atoms with van der Waals surface area (Å²) in [4.78, 5) is 70.6. The Morgan fingerprint density at radius 3 is 2.70 bits per heavy atom. The Hall–Kier alpha value is -5.21. The zero-order valence-corrected chi connectivity index (χ0v) is 24.2. The summed E-state index contributed by atoms with van der Waals surface area (Å²) in [5.74, 6) is -1.85. The summed E-state index contributed by atoms with van der Waals surface area (Å²) in [6.07, 6.45) is 3.89. The Bertz CT molecular complexity index is 1540. The lowest BCUT2D eigenvalue weighted by Gasteiger charge is -2.17. The van der Waals surface area contributed by atoms with E-state index in [0.717, 1.165) is 22.1 Å². The number of aromatic amines is 1. The van der Waals surface area contributed by atoms with Crippen molar-refractivity contribution in [3.63, 3.8) is 0 Å². The molecule has 15 heteroatoms. The van der Waals surface area contributed by atoms with Crippen molar-refractivity contribution in [1.29, 1.82) is 0 Å². The number of furan rings is 1. The highest BCUT2D eigenvalue weighted by molar-refractivity contribution is 5.97. The summed E-state index contributed by atoms with van der Waals surface area (Å²) in [5.41, 5.74) is 3.46. The molecule has 2 N–H and O–H groups in total. The average molecular weight is 613 g/mol. The molecule has 234 valence electrons. The molecule has 1 amide bonds. The largest absolute Gasteiger partial charge is 0.464 e. The van der Waals surface area contributed by atoms with E-state index in [9.17, 15) is 29.3 Å². The van der Waals surface area contributed by atoms with Crippen LogP contribution in [0, 0.1) is 17.0 Å². The summed E-state index contributed by atoms with van der Waals surface area (Å²) in [6, 6.07) is 4.42. The number of ether oxygens (including phenoxy) is 3. The molecule has 0 radical (unpaired) electrons. The van der Waals surface area contributed by atoms with Crippen LogP contribution in [-0.4, -0.2) is 64.7 Å². The molecule has 1 aliphatic heterocycles. The monoisotopic (exact) mass is 612 g/mol. The summed E-state index contributed by atoms with van der Waals surface area (Å²) >= 11 is 0. The maximum absolute atomic E-state index is 12.7. The van der Waals surface area contributed by atoms with Gasteiger partial charge in [0.25, 0.3) is 5.09 Å². The smallest absolute Gasteiger partial charge is 0.331 e. The second-order valence-corrected chi connectivity index (χ2v) is 10.0. The number of cyclic esters (lactones) is 1. The van der Waals surface area contributed by atoms with Gasteiger partial charge in [0.05, 0.1) is 31.7 Å². The van der Waals surface area contributed by atoms with Crippen LogP contribution in [-0.2, 0) is 44.6 Å². The minimum Gasteiger partial charge on any atom is -0.464 e. The summed E-state index contributed by atoms with van der Waals surface area (Å²) in [6.45, 7) is 3.55. The van der Waals surface area contributed by atoms with Gasteiger partial charge >= 0.3 is 17.9 Å². The Morgan fingerprint density at radius 2 is 2.00 bits per heavy atom. The maximum Gasteiger partial charge on any atom is 0.331 e. The van der Waals surface area contributed by atoms with Crippen LogP contribution in [0.2, 0.25) is 0 Å². The average Bonchev–Trinajstić information content (AvgIpc) is 3.74. The molecule has 0 fully saturated rings. The number of amides is 1. The minimum absolute atomic E-state index is 0.0223. The maximum atomic E-state index is 12.7. The molecule has 3 aromatic rings. The molecule has 0 bridgehead atoms. The van der Waals surface area contributed by atoms with Crippen LogP contribution in [0.5, 0.6) is 0 Å². The molecule has 2 aromatic heterocycles. The molecule has 2 unspecified atom stereocenters. The molecule has 4 rings (SSSR count). The van der Waals surface area contributed by atoms with E-state index >= 15 is 0 Å². The van der Waals surface area contributed by atoms with E-state index in [0.29, 0.717) is 29.9 Å². The second-order valence-electron chi connectivity index (χ2n) is 10.0. The first kappa shape index (κ1) is 31.7. The van der Waals surface area contributed by atoms with E-state index in [1.165, 1.54) is 12.4 Å². The highest BCUT2D eigenvalue weighted by atomic mass is 16.9. The number of rotatable bonds is 16. The first-order valence-corrected chi connectivity index (χ1v) is 13.9. The van der Waals surface area contributed by atoms with Gasteiger partial charge < -0.3 is 33.8 Å². The quantitative estimate of drug-likeness (QED) is 0.0788. The SMILES string of the molecule is Cc1c(C(C)OC(=O)CCC(=O)NC(Cc2c[nH]cn2)C(=O)OCCCCO[N+](=O)[O-])oc2ccc(C3=CC(=O)OC3)cc12. The number of aromatic nitrogens is 2. The van der Waals surface area contributed by atoms with E-state index in [2.05, 4.69) is 20.1 Å². The van der Waals surface area contributed by atoms with E-state index < -0.39 is 35.1 Å². The molecule has 0 aliphatic carbocycles. The number of esters is 3. The molecule has 15 nitrogen and oxygen atoms in total. The first-order chi connectivity index (χ1) is 21.1. The number of nitrogens with one attached hydrogen (secondary N) is 2. The van der Waals surface area contributed by atoms with Crippen molar-refractivity contribution in [2.45, 2.75) is 58.1 Å². The number of H-pyrrole nitrogens is 1. The molecule has 2 atom stereocenters. The number of nitrogens with zero attached hydrogens (tertiary/aromatic N) is 2. The Morgan fingerprint density at radius 1 is 1.20 bits per heavy atom. The lowest BCUT2D eigenvalue weighted by molar-refractivity contribution is -0.757. The number of imidazole rings is 1. The van der Waals surface area contributed by atoms with Gasteiger partial charge in [-0.1, -0.05) is 6.07 Å². The lowest BCUT2D eigenvalue weighted by atomic mass is 10.0. The molecule has 0 spiro atoms. The predicted molar refractivity (Wildman–Crippen MR) is 151 cm³/mol. The molecule has 3 heterocycles. The molecular formula is C29H32N4O11. The number of carbonyl (C=O) groups excluding carboxylic acids is 4. The normalized spacial score (nSPS) is 14.0. The van der Waals surface area contributed by atoms with Crippen LogP contribution in [0.1, 0.15) is 61.3 Å². The van der Waals surface area contributed by atoms with Crippen LogP contribution in [0.25, 0.3) is 16.5 Å². The van der Waals surface area contributed by atoms with E-state index in [4.69, 9.17) is 18.6 Å². The Balaban J connectivity index is 1.28.